The predicted molar refractivity (Wildman–Crippen MR) is 413 cm³/mol. The molecular formula is C84H94N6O24. The number of Topliss-reactive ketones (excluding diaryl/α,β-unsaturated/α-hetero) is 2. The number of hydrogen-bond donors (Lipinski definition) is 7. The molecule has 114 heavy (non-hydrogen) atoms. The number of pyridine rings is 2. The fourth-order valence-corrected chi connectivity index (χ4v) is 11.0. The molecule has 2 heterocycles. The molecule has 6 aromatic rings. The van der Waals surface area contributed by atoms with Gasteiger partial charge in [-0.3, -0.25) is 38.4 Å². The summed E-state index contributed by atoms with van der Waals surface area (Å²) in [7, 11) is 0. The monoisotopic (exact) mass is 1570 g/mol. The van der Waals surface area contributed by atoms with Crippen LogP contribution in [0.1, 0.15) is 221 Å². The van der Waals surface area contributed by atoms with Crippen molar-refractivity contribution < 1.29 is 115 Å². The van der Waals surface area contributed by atoms with Gasteiger partial charge in [0.1, 0.15) is 30.2 Å². The zero-order valence-electron chi connectivity index (χ0n) is 64.9. The van der Waals surface area contributed by atoms with Crippen LogP contribution in [0.4, 0.5) is 9.59 Å². The highest BCUT2D eigenvalue weighted by molar-refractivity contribution is 6.11. The number of benzene rings is 4. The quantitative estimate of drug-likeness (QED) is 0.00622. The predicted octanol–water partition coefficient (Wildman–Crippen LogP) is 11.8. The number of aliphatic carboxylic acids is 1. The summed E-state index contributed by atoms with van der Waals surface area (Å²) in [6, 6.07) is 24.6. The van der Waals surface area contributed by atoms with E-state index in [2.05, 4.69) is 33.8 Å². The maximum atomic E-state index is 14.2. The molecule has 7 N–H and O–H groups in total. The molecule has 604 valence electrons. The van der Waals surface area contributed by atoms with Crippen molar-refractivity contribution >= 4 is 95.1 Å². The summed E-state index contributed by atoms with van der Waals surface area (Å²) in [4.78, 5) is 162. The van der Waals surface area contributed by atoms with Crippen molar-refractivity contribution in [2.75, 3.05) is 26.3 Å². The van der Waals surface area contributed by atoms with Crippen LogP contribution in [0.25, 0.3) is 34.4 Å². The minimum Gasteiger partial charge on any atom is -0.481 e. The van der Waals surface area contributed by atoms with Crippen LogP contribution in [0.5, 0.6) is 0 Å². The molecule has 2 aliphatic rings. The number of ether oxygens (including phenoxy) is 9. The number of carbonyl (C=O) groups excluding carboxylic acids is 11. The van der Waals surface area contributed by atoms with Gasteiger partial charge in [0, 0.05) is 73.5 Å². The first-order valence-electron chi connectivity index (χ1n) is 36.8. The second-order valence-electron chi connectivity index (χ2n) is 28.3. The summed E-state index contributed by atoms with van der Waals surface area (Å²) >= 11 is 0. The van der Waals surface area contributed by atoms with Crippen molar-refractivity contribution in [3.05, 3.63) is 189 Å². The van der Waals surface area contributed by atoms with E-state index < -0.39 is 115 Å². The van der Waals surface area contributed by atoms with Crippen molar-refractivity contribution in [2.45, 2.75) is 170 Å². The van der Waals surface area contributed by atoms with Gasteiger partial charge in [-0.2, -0.15) is 0 Å². The van der Waals surface area contributed by atoms with Gasteiger partial charge in [0.05, 0.1) is 51.1 Å². The SMILES string of the molecule is C=Cc1cc(C(=O)Cc2ccc(C(=N)CC(=O)OCCC(=O)O)cc2)c(-c2ccc(C(=O)NCC3CC3)nc2C(=O)OC(C)OC(=O)OC(C)C)cc1CO.C=Cc1cc(C(=O)Cc2ccc(C(=N)CC(=O)OCCC(=O)OC(C)(C)C)cc2)c(-c2ccc(C(=O)NCC3CC3)nc2C(=O)OC(C)OC(=O)OC(C)C)cc1CO. The number of ketones is 2. The third kappa shape index (κ3) is 27.8. The Balaban J connectivity index is 0.000000317. The Hall–Kier alpha value is -12.4. The van der Waals surface area contributed by atoms with Gasteiger partial charge in [0.25, 0.3) is 11.8 Å². The average molecular weight is 1570 g/mol. The van der Waals surface area contributed by atoms with E-state index in [1.54, 1.807) is 97.0 Å². The second-order valence-corrected chi connectivity index (χ2v) is 28.3. The third-order valence-corrected chi connectivity index (χ3v) is 16.9. The van der Waals surface area contributed by atoms with Crippen LogP contribution in [-0.4, -0.2) is 165 Å². The molecule has 2 aromatic heterocycles. The Labute approximate surface area is 658 Å². The number of aliphatic hydroxyl groups is 2. The summed E-state index contributed by atoms with van der Waals surface area (Å²) in [6.45, 7) is 21.4. The molecule has 0 saturated heterocycles. The minimum absolute atomic E-state index is 0.0317. The first kappa shape index (κ1) is 88.8. The Kier molecular flexibility index (Phi) is 32.5. The highest BCUT2D eigenvalue weighted by Gasteiger charge is 2.32. The van der Waals surface area contributed by atoms with Crippen LogP contribution in [0.2, 0.25) is 0 Å². The van der Waals surface area contributed by atoms with Gasteiger partial charge in [-0.05, 0) is 190 Å². The number of aliphatic hydroxyl groups excluding tert-OH is 2. The lowest BCUT2D eigenvalue weighted by Gasteiger charge is -2.19. The maximum Gasteiger partial charge on any atom is 0.511 e. The minimum atomic E-state index is -1.43. The standard InChI is InChI=1S/C44H51N3O12.C40H43N3O12/c1-8-29-20-34(37(49)19-27-11-13-30(14-12-27)35(45)22-39(51)55-18-17-38(50)59-44(5,6)7)33(21-31(29)24-48)32-15-16-36(41(52)46-23-28-9-10-28)47-40(32)42(53)57-26(4)58-43(54)56-25(2)3;1-5-26-17-31(34(45)16-24-8-10-27(11-9-24)32(41)19-36(48)52-15-14-35(46)47)30(18-28(26)21-44)29-12-13-33(38(49)42-20-25-6-7-25)43-37(29)39(50)54-23(4)55-40(51)53-22(2)3/h8,11-16,20-21,25-26,28,45,48H,1,9-10,17-19,22-24H2,2-7H3,(H,46,52);5,8-13,17-18,22-23,25,41,44H,1,6-7,14-16,19-21H2,2-4H3,(H,42,49)(H,46,47). The first-order chi connectivity index (χ1) is 54.0. The Morgan fingerprint density at radius 1 is 0.509 bits per heavy atom. The van der Waals surface area contributed by atoms with E-state index in [1.807, 2.05) is 0 Å². The van der Waals surface area contributed by atoms with Crippen molar-refractivity contribution in [3.63, 3.8) is 0 Å². The maximum absolute atomic E-state index is 14.2. The highest BCUT2D eigenvalue weighted by atomic mass is 16.8. The van der Waals surface area contributed by atoms with E-state index >= 15 is 0 Å². The van der Waals surface area contributed by atoms with Crippen molar-refractivity contribution in [2.24, 2.45) is 11.8 Å². The summed E-state index contributed by atoms with van der Waals surface area (Å²) < 4.78 is 46.0. The molecule has 30 nitrogen and oxygen atoms in total. The van der Waals surface area contributed by atoms with Gasteiger partial charge >= 0.3 is 48.1 Å². The van der Waals surface area contributed by atoms with Crippen LogP contribution >= 0.6 is 0 Å². The number of carbonyl (C=O) groups is 12. The van der Waals surface area contributed by atoms with Crippen LogP contribution < -0.4 is 10.6 Å². The molecule has 0 aliphatic heterocycles. The zero-order valence-corrected chi connectivity index (χ0v) is 64.9. The summed E-state index contributed by atoms with van der Waals surface area (Å²) in [6.07, 6.45) is -0.532. The van der Waals surface area contributed by atoms with E-state index in [-0.39, 0.29) is 119 Å². The molecule has 2 unspecified atom stereocenters. The topological polar surface area (TPSA) is 446 Å². The van der Waals surface area contributed by atoms with E-state index in [0.29, 0.717) is 69.4 Å². The van der Waals surface area contributed by atoms with Gasteiger partial charge < -0.3 is 79.4 Å². The van der Waals surface area contributed by atoms with Crippen molar-refractivity contribution in [1.29, 1.82) is 10.8 Å². The molecule has 2 fully saturated rings. The largest absolute Gasteiger partial charge is 0.511 e. The molecule has 0 spiro atoms. The molecule has 2 saturated carbocycles. The summed E-state index contributed by atoms with van der Waals surface area (Å²) in [5.74, 6) is -6.32. The fourth-order valence-electron chi connectivity index (χ4n) is 11.0. The number of hydrogen-bond acceptors (Lipinski definition) is 27. The van der Waals surface area contributed by atoms with Crippen molar-refractivity contribution in [1.82, 2.24) is 20.6 Å². The number of amides is 2. The zero-order chi connectivity index (χ0) is 83.7. The molecule has 2 aliphatic carbocycles. The van der Waals surface area contributed by atoms with Crippen LogP contribution in [-0.2, 0) is 87.9 Å². The van der Waals surface area contributed by atoms with E-state index in [9.17, 15) is 67.7 Å². The van der Waals surface area contributed by atoms with Gasteiger partial charge in [-0.15, -0.1) is 0 Å². The smallest absolute Gasteiger partial charge is 0.481 e. The van der Waals surface area contributed by atoms with Gasteiger partial charge in [0.15, 0.2) is 23.0 Å². The molecule has 30 heteroatoms. The molecule has 8 rings (SSSR count). The van der Waals surface area contributed by atoms with Crippen LogP contribution in [0.15, 0.2) is 110 Å². The highest BCUT2D eigenvalue weighted by Crippen LogP contribution is 2.36. The average Bonchev–Trinajstić information content (AvgIpc) is 1.23. The number of nitrogens with one attached hydrogen (secondary N) is 4. The van der Waals surface area contributed by atoms with Gasteiger partial charge in [-0.1, -0.05) is 73.8 Å². The third-order valence-electron chi connectivity index (χ3n) is 16.9. The van der Waals surface area contributed by atoms with Crippen LogP contribution in [0.3, 0.4) is 0 Å². The van der Waals surface area contributed by atoms with Gasteiger partial charge in [-0.25, -0.2) is 29.1 Å². The second kappa shape index (κ2) is 41.7. The Bertz CT molecular complexity index is 4630. The van der Waals surface area contributed by atoms with E-state index in [0.717, 1.165) is 25.7 Å². The van der Waals surface area contributed by atoms with E-state index in [1.165, 1.54) is 74.5 Å². The lowest BCUT2D eigenvalue weighted by Crippen LogP contribution is -2.28. The molecule has 4 aromatic carbocycles. The summed E-state index contributed by atoms with van der Waals surface area (Å²) in [5.41, 5.74) is 2.76. The normalized spacial score (nSPS) is 12.7. The first-order valence-corrected chi connectivity index (χ1v) is 36.8. The molecule has 0 bridgehead atoms. The number of carboxylic acids is 1. The number of esters is 5. The number of nitrogens with zero attached hydrogens (tertiary/aromatic N) is 2. The fraction of sp³-hybridized carbons (Fsp3) is 0.381. The Morgan fingerprint density at radius 3 is 1.22 bits per heavy atom. The molecule has 0 radical (unpaired) electrons. The van der Waals surface area contributed by atoms with E-state index in [4.69, 9.17) is 58.6 Å². The van der Waals surface area contributed by atoms with Crippen LogP contribution in [0, 0.1) is 22.7 Å². The summed E-state index contributed by atoms with van der Waals surface area (Å²) in [5, 5.41) is 51.5. The number of aromatic nitrogens is 2. The lowest BCUT2D eigenvalue weighted by atomic mass is 9.89. The van der Waals surface area contributed by atoms with Gasteiger partial charge in [0.2, 0.25) is 12.6 Å². The lowest BCUT2D eigenvalue weighted by molar-refractivity contribution is -0.157. The molecular weight excluding hydrogens is 1480 g/mol. The van der Waals surface area contributed by atoms with Crippen molar-refractivity contribution in [3.8, 4) is 22.3 Å². The molecule has 2 amide bonds. The number of carboxylic acid groups (broad SMARTS) is 1. The molecule has 2 atom stereocenters. The Morgan fingerprint density at radius 2 is 0.886 bits per heavy atom. The number of rotatable bonds is 38.